The van der Waals surface area contributed by atoms with Gasteiger partial charge in [-0.15, -0.1) is 10.2 Å². The molecule has 7 heteroatoms. The molecule has 0 aliphatic heterocycles. The second-order valence-electron chi connectivity index (χ2n) is 4.60. The lowest BCUT2D eigenvalue weighted by molar-refractivity contribution is -0.115. The van der Waals surface area contributed by atoms with Crippen molar-refractivity contribution in [2.45, 2.75) is 12.1 Å². The Kier molecular flexibility index (Phi) is 3.06. The van der Waals surface area contributed by atoms with Crippen LogP contribution in [0.4, 0.5) is 0 Å². The zero-order valence-corrected chi connectivity index (χ0v) is 11.9. The maximum absolute atomic E-state index is 10.8. The lowest BCUT2D eigenvalue weighted by Gasteiger charge is -1.98. The van der Waals surface area contributed by atoms with Gasteiger partial charge in [-0.05, 0) is 19.1 Å². The van der Waals surface area contributed by atoms with Crippen LogP contribution in [0.25, 0.3) is 22.1 Å². The smallest absolute Gasteiger partial charge is 0.227 e. The van der Waals surface area contributed by atoms with Gasteiger partial charge < -0.3 is 10.3 Å². The molecule has 3 rings (SSSR count). The highest BCUT2D eigenvalue weighted by atomic mass is 32.2. The number of benzene rings is 1. The van der Waals surface area contributed by atoms with Crippen molar-refractivity contribution in [2.75, 3.05) is 5.75 Å². The van der Waals surface area contributed by atoms with Gasteiger partial charge in [0.25, 0.3) is 0 Å². The summed E-state index contributed by atoms with van der Waals surface area (Å²) in [7, 11) is 1.94. The molecule has 0 aliphatic rings. The first-order chi connectivity index (χ1) is 9.56. The number of carbonyl (C=O) groups excluding carboxylic acids is 1. The van der Waals surface area contributed by atoms with E-state index in [1.54, 1.807) is 0 Å². The highest BCUT2D eigenvalue weighted by Crippen LogP contribution is 2.26. The van der Waals surface area contributed by atoms with Gasteiger partial charge in [0.05, 0.1) is 11.3 Å². The predicted molar refractivity (Wildman–Crippen MR) is 78.5 cm³/mol. The summed E-state index contributed by atoms with van der Waals surface area (Å²) >= 11 is 1.19. The molecule has 2 N–H and O–H groups in total. The standard InChI is InChI=1S/C13H13N5OS/c1-7-3-4-9-8(5-7)11-12(18(9)2)15-13(17-16-11)20-6-10(14)19/h3-5H,6H2,1-2H3,(H2,14,19). The Hall–Kier alpha value is -2.15. The van der Waals surface area contributed by atoms with E-state index in [1.807, 2.05) is 24.6 Å². The van der Waals surface area contributed by atoms with Gasteiger partial charge in [0.1, 0.15) is 5.52 Å². The molecule has 20 heavy (non-hydrogen) atoms. The quantitative estimate of drug-likeness (QED) is 0.736. The third-order valence-electron chi connectivity index (χ3n) is 3.08. The van der Waals surface area contributed by atoms with Gasteiger partial charge in [0, 0.05) is 12.4 Å². The molecule has 0 saturated heterocycles. The average Bonchev–Trinajstić information content (AvgIpc) is 2.69. The molecule has 0 saturated carbocycles. The van der Waals surface area contributed by atoms with Crippen molar-refractivity contribution in [3.63, 3.8) is 0 Å². The van der Waals surface area contributed by atoms with Crippen molar-refractivity contribution < 1.29 is 4.79 Å². The summed E-state index contributed by atoms with van der Waals surface area (Å²) in [4.78, 5) is 15.3. The first kappa shape index (κ1) is 12.9. The van der Waals surface area contributed by atoms with Crippen LogP contribution in [-0.4, -0.2) is 31.4 Å². The van der Waals surface area contributed by atoms with Crippen molar-refractivity contribution in [3.8, 4) is 0 Å². The number of nitrogens with zero attached hydrogens (tertiary/aromatic N) is 4. The van der Waals surface area contributed by atoms with Crippen molar-refractivity contribution in [1.29, 1.82) is 0 Å². The van der Waals surface area contributed by atoms with Crippen molar-refractivity contribution in [3.05, 3.63) is 23.8 Å². The largest absolute Gasteiger partial charge is 0.369 e. The highest BCUT2D eigenvalue weighted by Gasteiger charge is 2.13. The molecule has 3 aromatic rings. The van der Waals surface area contributed by atoms with Crippen LogP contribution in [-0.2, 0) is 11.8 Å². The number of aromatic nitrogens is 4. The van der Waals surface area contributed by atoms with Crippen LogP contribution >= 0.6 is 11.8 Å². The number of thioether (sulfide) groups is 1. The molecule has 0 aliphatic carbocycles. The second kappa shape index (κ2) is 4.75. The molecule has 2 heterocycles. The fourth-order valence-corrected chi connectivity index (χ4v) is 2.68. The molecule has 102 valence electrons. The van der Waals surface area contributed by atoms with E-state index >= 15 is 0 Å². The number of hydrogen-bond donors (Lipinski definition) is 1. The molecule has 0 atom stereocenters. The third kappa shape index (κ3) is 2.09. The average molecular weight is 287 g/mol. The van der Waals surface area contributed by atoms with Gasteiger partial charge in [-0.3, -0.25) is 4.79 Å². The van der Waals surface area contributed by atoms with Gasteiger partial charge >= 0.3 is 0 Å². The first-order valence-corrected chi connectivity index (χ1v) is 7.05. The summed E-state index contributed by atoms with van der Waals surface area (Å²) in [5.74, 6) is -0.248. The minimum atomic E-state index is -0.397. The van der Waals surface area contributed by atoms with Crippen LogP contribution < -0.4 is 5.73 Å². The lowest BCUT2D eigenvalue weighted by atomic mass is 10.2. The van der Waals surface area contributed by atoms with Crippen molar-refractivity contribution in [2.24, 2.45) is 12.8 Å². The van der Waals surface area contributed by atoms with E-state index in [9.17, 15) is 4.79 Å². The molecule has 0 radical (unpaired) electrons. The van der Waals surface area contributed by atoms with E-state index in [0.29, 0.717) is 5.16 Å². The molecular formula is C13H13N5OS. The normalized spacial score (nSPS) is 11.3. The number of primary amides is 1. The Morgan fingerprint density at radius 2 is 2.20 bits per heavy atom. The number of carbonyl (C=O) groups is 1. The van der Waals surface area contributed by atoms with Crippen LogP contribution in [0.1, 0.15) is 5.56 Å². The fourth-order valence-electron chi connectivity index (χ4n) is 2.15. The van der Waals surface area contributed by atoms with E-state index in [1.165, 1.54) is 17.3 Å². The number of rotatable bonds is 3. The molecule has 6 nitrogen and oxygen atoms in total. The number of hydrogen-bond acceptors (Lipinski definition) is 5. The minimum absolute atomic E-state index is 0.149. The first-order valence-electron chi connectivity index (χ1n) is 6.07. The summed E-state index contributed by atoms with van der Waals surface area (Å²) < 4.78 is 1.98. The number of nitrogens with two attached hydrogens (primary N) is 1. The molecular weight excluding hydrogens is 274 g/mol. The van der Waals surface area contributed by atoms with E-state index in [4.69, 9.17) is 5.73 Å². The van der Waals surface area contributed by atoms with Crippen molar-refractivity contribution in [1.82, 2.24) is 19.7 Å². The van der Waals surface area contributed by atoms with Crippen LogP contribution in [0, 0.1) is 6.92 Å². The highest BCUT2D eigenvalue weighted by molar-refractivity contribution is 7.99. The maximum atomic E-state index is 10.8. The zero-order chi connectivity index (χ0) is 14.3. The number of fused-ring (bicyclic) bond motifs is 3. The Morgan fingerprint density at radius 3 is 2.95 bits per heavy atom. The van der Waals surface area contributed by atoms with E-state index in [0.717, 1.165) is 22.1 Å². The summed E-state index contributed by atoms with van der Waals surface area (Å²) in [5, 5.41) is 9.79. The van der Waals surface area contributed by atoms with Crippen LogP contribution in [0.5, 0.6) is 0 Å². The molecule has 0 unspecified atom stereocenters. The maximum Gasteiger partial charge on any atom is 0.227 e. The summed E-state index contributed by atoms with van der Waals surface area (Å²) in [6.07, 6.45) is 0. The molecule has 1 aromatic carbocycles. The molecule has 0 spiro atoms. The zero-order valence-electron chi connectivity index (χ0n) is 11.1. The SMILES string of the molecule is Cc1ccc2c(c1)c1nnc(SCC(N)=O)nc1n2C. The fraction of sp³-hybridized carbons (Fsp3) is 0.231. The Labute approximate surface area is 119 Å². The van der Waals surface area contributed by atoms with E-state index in [-0.39, 0.29) is 5.75 Å². The topological polar surface area (TPSA) is 86.7 Å². The molecule has 0 bridgehead atoms. The summed E-state index contributed by atoms with van der Waals surface area (Å²) in [5.41, 5.74) is 8.88. The lowest BCUT2D eigenvalue weighted by Crippen LogP contribution is -2.13. The Morgan fingerprint density at radius 1 is 1.40 bits per heavy atom. The van der Waals surface area contributed by atoms with Gasteiger partial charge in [0.15, 0.2) is 5.65 Å². The third-order valence-corrected chi connectivity index (χ3v) is 3.94. The van der Waals surface area contributed by atoms with Gasteiger partial charge in [-0.2, -0.15) is 0 Å². The van der Waals surface area contributed by atoms with Crippen LogP contribution in [0.2, 0.25) is 0 Å². The summed E-state index contributed by atoms with van der Waals surface area (Å²) in [6, 6.07) is 6.17. The summed E-state index contributed by atoms with van der Waals surface area (Å²) in [6.45, 7) is 2.04. The minimum Gasteiger partial charge on any atom is -0.369 e. The molecule has 2 aromatic heterocycles. The molecule has 1 amide bonds. The van der Waals surface area contributed by atoms with Crippen LogP contribution in [0.15, 0.2) is 23.4 Å². The second-order valence-corrected chi connectivity index (χ2v) is 5.54. The van der Waals surface area contributed by atoms with Gasteiger partial charge in [-0.1, -0.05) is 23.4 Å². The molecule has 0 fully saturated rings. The number of aryl methyl sites for hydroxylation is 2. The monoisotopic (exact) mass is 287 g/mol. The Bertz CT molecular complexity index is 826. The van der Waals surface area contributed by atoms with Crippen molar-refractivity contribution >= 4 is 39.7 Å². The van der Waals surface area contributed by atoms with E-state index in [2.05, 4.69) is 27.3 Å². The number of amides is 1. The predicted octanol–water partition coefficient (Wildman–Crippen LogP) is 1.40. The van der Waals surface area contributed by atoms with Gasteiger partial charge in [0.2, 0.25) is 11.1 Å². The van der Waals surface area contributed by atoms with Gasteiger partial charge in [-0.25, -0.2) is 4.98 Å². The van der Waals surface area contributed by atoms with E-state index < -0.39 is 5.91 Å². The Balaban J connectivity index is 2.17. The van der Waals surface area contributed by atoms with Crippen LogP contribution in [0.3, 0.4) is 0 Å².